The highest BCUT2D eigenvalue weighted by Gasteiger charge is 1.99. The van der Waals surface area contributed by atoms with Crippen LogP contribution in [0.25, 0.3) is 0 Å². The molecular formula is C9H14N4O2S2. The third-order valence-corrected chi connectivity index (χ3v) is 3.40. The molecule has 0 aromatic carbocycles. The van der Waals surface area contributed by atoms with Crippen LogP contribution in [0.3, 0.4) is 0 Å². The second-order valence-corrected chi connectivity index (χ2v) is 4.82. The number of hydrogen-bond donors (Lipinski definition) is 2. The van der Waals surface area contributed by atoms with Gasteiger partial charge in [-0.2, -0.15) is 16.1 Å². The second-order valence-electron chi connectivity index (χ2n) is 3.05. The second kappa shape index (κ2) is 7.91. The Morgan fingerprint density at radius 1 is 1.76 bits per heavy atom. The molecule has 1 aromatic heterocycles. The quantitative estimate of drug-likeness (QED) is 0.422. The minimum Gasteiger partial charge on any atom is -0.370 e. The molecule has 0 unspecified atom stereocenters. The summed E-state index contributed by atoms with van der Waals surface area (Å²) in [5.41, 5.74) is 1.08. The predicted octanol–water partition coefficient (Wildman–Crippen LogP) is 1.26. The zero-order valence-electron chi connectivity index (χ0n) is 9.38. The van der Waals surface area contributed by atoms with E-state index in [1.165, 1.54) is 11.5 Å². The lowest BCUT2D eigenvalue weighted by molar-refractivity contribution is -0.404. The Balaban J connectivity index is 2.13. The fourth-order valence-electron chi connectivity index (χ4n) is 1.05. The van der Waals surface area contributed by atoms with Crippen LogP contribution in [0.5, 0.6) is 0 Å². The molecule has 94 valence electrons. The standard InChI is InChI=1S/C9H14N4O2S2/c1-10-9(6-13(14)15)11-3-5-16-7-8-2-4-17-12-8/h2,4,6,10-11H,3,5,7H2,1H3. The van der Waals surface area contributed by atoms with Crippen molar-refractivity contribution in [2.24, 2.45) is 0 Å². The van der Waals surface area contributed by atoms with Crippen LogP contribution in [-0.2, 0) is 5.75 Å². The van der Waals surface area contributed by atoms with E-state index in [0.717, 1.165) is 23.4 Å². The molecule has 0 aliphatic carbocycles. The summed E-state index contributed by atoms with van der Waals surface area (Å²) < 4.78 is 4.19. The van der Waals surface area contributed by atoms with Gasteiger partial charge in [-0.05, 0) is 17.6 Å². The summed E-state index contributed by atoms with van der Waals surface area (Å²) in [5.74, 6) is 2.16. The number of nitrogens with zero attached hydrogens (tertiary/aromatic N) is 2. The van der Waals surface area contributed by atoms with Crippen LogP contribution in [0.2, 0.25) is 0 Å². The molecular weight excluding hydrogens is 260 g/mol. The van der Waals surface area contributed by atoms with E-state index < -0.39 is 4.92 Å². The minimum absolute atomic E-state index is 0.421. The van der Waals surface area contributed by atoms with Gasteiger partial charge in [0.1, 0.15) is 0 Å². The molecule has 0 fully saturated rings. The lowest BCUT2D eigenvalue weighted by Crippen LogP contribution is -2.26. The van der Waals surface area contributed by atoms with Gasteiger partial charge in [0.05, 0.1) is 10.6 Å². The van der Waals surface area contributed by atoms with E-state index in [1.54, 1.807) is 18.8 Å². The van der Waals surface area contributed by atoms with Crippen molar-refractivity contribution in [1.29, 1.82) is 0 Å². The summed E-state index contributed by atoms with van der Waals surface area (Å²) >= 11 is 3.18. The molecule has 6 nitrogen and oxygen atoms in total. The van der Waals surface area contributed by atoms with Crippen molar-refractivity contribution in [3.05, 3.63) is 39.3 Å². The number of rotatable bonds is 8. The summed E-state index contributed by atoms with van der Waals surface area (Å²) in [6.45, 7) is 0.676. The lowest BCUT2D eigenvalue weighted by atomic mass is 10.5. The zero-order chi connectivity index (χ0) is 12.5. The Labute approximate surface area is 108 Å². The van der Waals surface area contributed by atoms with Crippen LogP contribution in [-0.4, -0.2) is 28.6 Å². The first-order valence-electron chi connectivity index (χ1n) is 4.96. The Morgan fingerprint density at radius 2 is 2.59 bits per heavy atom. The maximum Gasteiger partial charge on any atom is 0.274 e. The maximum absolute atomic E-state index is 10.2. The first-order chi connectivity index (χ1) is 8.22. The van der Waals surface area contributed by atoms with Crippen LogP contribution in [0, 0.1) is 10.1 Å². The van der Waals surface area contributed by atoms with Crippen molar-refractivity contribution in [3.8, 4) is 0 Å². The molecule has 8 heteroatoms. The molecule has 0 aliphatic rings. The third kappa shape index (κ3) is 6.12. The lowest BCUT2D eigenvalue weighted by Gasteiger charge is -2.06. The van der Waals surface area contributed by atoms with Crippen molar-refractivity contribution >= 4 is 23.3 Å². The van der Waals surface area contributed by atoms with Gasteiger partial charge in [0, 0.05) is 30.5 Å². The van der Waals surface area contributed by atoms with Gasteiger partial charge in [0.25, 0.3) is 6.20 Å². The van der Waals surface area contributed by atoms with Crippen molar-refractivity contribution < 1.29 is 4.92 Å². The molecule has 2 N–H and O–H groups in total. The molecule has 0 aliphatic heterocycles. The van der Waals surface area contributed by atoms with Crippen molar-refractivity contribution in [2.75, 3.05) is 19.3 Å². The Hall–Kier alpha value is -1.28. The van der Waals surface area contributed by atoms with Crippen LogP contribution in [0.1, 0.15) is 5.69 Å². The van der Waals surface area contributed by atoms with Crippen LogP contribution < -0.4 is 10.6 Å². The molecule has 0 radical (unpaired) electrons. The fourth-order valence-corrected chi connectivity index (χ4v) is 2.43. The summed E-state index contributed by atoms with van der Waals surface area (Å²) in [6, 6.07) is 2.00. The van der Waals surface area contributed by atoms with E-state index in [9.17, 15) is 10.1 Å². The predicted molar refractivity (Wildman–Crippen MR) is 70.4 cm³/mol. The summed E-state index contributed by atoms with van der Waals surface area (Å²) in [5, 5.41) is 17.9. The summed E-state index contributed by atoms with van der Waals surface area (Å²) in [4.78, 5) is 9.76. The van der Waals surface area contributed by atoms with Gasteiger partial charge in [0.15, 0.2) is 5.82 Å². The summed E-state index contributed by atoms with van der Waals surface area (Å²) in [6.07, 6.45) is 0.922. The van der Waals surface area contributed by atoms with Gasteiger partial charge in [-0.1, -0.05) is 0 Å². The molecule has 0 atom stereocenters. The Morgan fingerprint density at radius 3 is 3.18 bits per heavy atom. The normalized spacial score (nSPS) is 11.2. The number of thioether (sulfide) groups is 1. The van der Waals surface area contributed by atoms with E-state index in [1.807, 2.05) is 11.4 Å². The summed E-state index contributed by atoms with van der Waals surface area (Å²) in [7, 11) is 1.64. The van der Waals surface area contributed by atoms with Crippen LogP contribution in [0.15, 0.2) is 23.5 Å². The van der Waals surface area contributed by atoms with E-state index in [0.29, 0.717) is 12.4 Å². The molecule has 17 heavy (non-hydrogen) atoms. The molecule has 1 aromatic rings. The van der Waals surface area contributed by atoms with Gasteiger partial charge in [0.2, 0.25) is 0 Å². The SMILES string of the molecule is CNC(=C[N+](=O)[O-])NCCSCc1ccsn1. The number of nitrogens with one attached hydrogen (secondary N) is 2. The molecule has 0 saturated heterocycles. The molecule has 0 bridgehead atoms. The highest BCUT2D eigenvalue weighted by atomic mass is 32.2. The van der Waals surface area contributed by atoms with Crippen LogP contribution >= 0.6 is 23.3 Å². The van der Waals surface area contributed by atoms with Crippen molar-refractivity contribution in [3.63, 3.8) is 0 Å². The maximum atomic E-state index is 10.2. The zero-order valence-corrected chi connectivity index (χ0v) is 11.0. The van der Waals surface area contributed by atoms with E-state index in [2.05, 4.69) is 15.0 Å². The average molecular weight is 274 g/mol. The first-order valence-corrected chi connectivity index (χ1v) is 6.95. The molecule has 0 spiro atoms. The fraction of sp³-hybridized carbons (Fsp3) is 0.444. The van der Waals surface area contributed by atoms with E-state index in [-0.39, 0.29) is 0 Å². The van der Waals surface area contributed by atoms with Crippen LogP contribution in [0.4, 0.5) is 0 Å². The van der Waals surface area contributed by atoms with Gasteiger partial charge in [-0.15, -0.1) is 0 Å². The van der Waals surface area contributed by atoms with Gasteiger partial charge in [-0.3, -0.25) is 10.1 Å². The van der Waals surface area contributed by atoms with Crippen molar-refractivity contribution in [1.82, 2.24) is 15.0 Å². The van der Waals surface area contributed by atoms with Gasteiger partial charge < -0.3 is 10.6 Å². The molecule has 1 heterocycles. The van der Waals surface area contributed by atoms with Crippen molar-refractivity contribution in [2.45, 2.75) is 5.75 Å². The Bertz CT molecular complexity index is 367. The average Bonchev–Trinajstić information content (AvgIpc) is 2.79. The highest BCUT2D eigenvalue weighted by molar-refractivity contribution is 7.98. The smallest absolute Gasteiger partial charge is 0.274 e. The van der Waals surface area contributed by atoms with E-state index >= 15 is 0 Å². The van der Waals surface area contributed by atoms with Gasteiger partial charge >= 0.3 is 0 Å². The number of aromatic nitrogens is 1. The Kier molecular flexibility index (Phi) is 6.41. The number of nitro groups is 1. The molecule has 1 rings (SSSR count). The minimum atomic E-state index is -0.485. The topological polar surface area (TPSA) is 80.1 Å². The van der Waals surface area contributed by atoms with E-state index in [4.69, 9.17) is 0 Å². The molecule has 0 saturated carbocycles. The monoisotopic (exact) mass is 274 g/mol. The molecule has 0 amide bonds. The first kappa shape index (κ1) is 13.8. The largest absolute Gasteiger partial charge is 0.370 e. The third-order valence-electron chi connectivity index (χ3n) is 1.81. The number of hydrogen-bond acceptors (Lipinski definition) is 7. The highest BCUT2D eigenvalue weighted by Crippen LogP contribution is 2.10. The van der Waals surface area contributed by atoms with Gasteiger partial charge in [-0.25, -0.2) is 0 Å².